The Morgan fingerprint density at radius 3 is 2.60 bits per heavy atom. The Kier molecular flexibility index (Phi) is 4.70. The van der Waals surface area contributed by atoms with E-state index < -0.39 is 0 Å². The standard InChI is InChI=1S/C10H12N2O2S/c1-15-12-9-4-2-8(3-5-9)10(14)11-6-7-13/h2-5,7,12H,6H2,1H3,(H,11,14). The predicted octanol–water partition coefficient (Wildman–Crippen LogP) is 1.31. The Morgan fingerprint density at radius 2 is 2.07 bits per heavy atom. The maximum absolute atomic E-state index is 11.4. The van der Waals surface area contributed by atoms with E-state index >= 15 is 0 Å². The fourth-order valence-corrected chi connectivity index (χ4v) is 1.42. The molecule has 0 fully saturated rings. The zero-order valence-corrected chi connectivity index (χ0v) is 9.14. The number of amides is 1. The number of hydrogen-bond acceptors (Lipinski definition) is 4. The highest BCUT2D eigenvalue weighted by Gasteiger charge is 2.03. The number of anilines is 1. The van der Waals surface area contributed by atoms with Gasteiger partial charge in [0.05, 0.1) is 6.54 Å². The first kappa shape index (κ1) is 11.6. The van der Waals surface area contributed by atoms with E-state index in [2.05, 4.69) is 10.0 Å². The molecule has 1 aromatic rings. The Bertz CT molecular complexity index is 338. The monoisotopic (exact) mass is 224 g/mol. The van der Waals surface area contributed by atoms with Gasteiger partial charge >= 0.3 is 0 Å². The second-order valence-electron chi connectivity index (χ2n) is 2.76. The van der Waals surface area contributed by atoms with Crippen LogP contribution in [0.3, 0.4) is 0 Å². The van der Waals surface area contributed by atoms with Crippen molar-refractivity contribution in [2.45, 2.75) is 0 Å². The fourth-order valence-electron chi connectivity index (χ4n) is 1.04. The van der Waals surface area contributed by atoms with E-state index in [9.17, 15) is 9.59 Å². The molecule has 15 heavy (non-hydrogen) atoms. The first-order valence-electron chi connectivity index (χ1n) is 4.39. The molecule has 0 heterocycles. The van der Waals surface area contributed by atoms with Crippen molar-refractivity contribution in [3.63, 3.8) is 0 Å². The van der Waals surface area contributed by atoms with Crippen LogP contribution in [0.25, 0.3) is 0 Å². The Labute approximate surface area is 92.6 Å². The molecule has 0 radical (unpaired) electrons. The number of hydrogen-bond donors (Lipinski definition) is 2. The molecule has 0 unspecified atom stereocenters. The van der Waals surface area contributed by atoms with Crippen LogP contribution in [0.4, 0.5) is 5.69 Å². The molecule has 1 amide bonds. The molecule has 0 saturated heterocycles. The number of aldehydes is 1. The number of nitrogens with one attached hydrogen (secondary N) is 2. The lowest BCUT2D eigenvalue weighted by Gasteiger charge is -2.04. The maximum Gasteiger partial charge on any atom is 0.251 e. The van der Waals surface area contributed by atoms with Crippen molar-refractivity contribution in [1.82, 2.24) is 5.32 Å². The van der Waals surface area contributed by atoms with Gasteiger partial charge in [-0.05, 0) is 24.3 Å². The largest absolute Gasteiger partial charge is 0.345 e. The van der Waals surface area contributed by atoms with E-state index in [0.717, 1.165) is 5.69 Å². The SMILES string of the molecule is CSNc1ccc(C(=O)NCC=O)cc1. The van der Waals surface area contributed by atoms with E-state index in [0.29, 0.717) is 11.8 Å². The smallest absolute Gasteiger partial charge is 0.251 e. The second-order valence-corrected chi connectivity index (χ2v) is 3.37. The van der Waals surface area contributed by atoms with Crippen LogP contribution in [0.5, 0.6) is 0 Å². The summed E-state index contributed by atoms with van der Waals surface area (Å²) < 4.78 is 3.05. The summed E-state index contributed by atoms with van der Waals surface area (Å²) in [7, 11) is 0. The van der Waals surface area contributed by atoms with Crippen LogP contribution in [0.15, 0.2) is 24.3 Å². The summed E-state index contributed by atoms with van der Waals surface area (Å²) in [5, 5.41) is 2.47. The molecule has 2 N–H and O–H groups in total. The van der Waals surface area contributed by atoms with Crippen molar-refractivity contribution < 1.29 is 9.59 Å². The quantitative estimate of drug-likeness (QED) is 0.585. The van der Waals surface area contributed by atoms with Gasteiger partial charge in [-0.2, -0.15) is 0 Å². The molecule has 0 aliphatic carbocycles. The number of carbonyl (C=O) groups excluding carboxylic acids is 2. The highest BCUT2D eigenvalue weighted by molar-refractivity contribution is 7.99. The summed E-state index contributed by atoms with van der Waals surface area (Å²) in [6.07, 6.45) is 2.58. The molecule has 0 spiro atoms. The summed E-state index contributed by atoms with van der Waals surface area (Å²) in [4.78, 5) is 21.4. The van der Waals surface area contributed by atoms with Gasteiger partial charge in [0, 0.05) is 17.5 Å². The lowest BCUT2D eigenvalue weighted by Crippen LogP contribution is -2.24. The maximum atomic E-state index is 11.4. The van der Waals surface area contributed by atoms with Crippen molar-refractivity contribution in [3.8, 4) is 0 Å². The van der Waals surface area contributed by atoms with Crippen LogP contribution < -0.4 is 10.0 Å². The van der Waals surface area contributed by atoms with Crippen LogP contribution >= 0.6 is 11.9 Å². The van der Waals surface area contributed by atoms with Gasteiger partial charge in [0.2, 0.25) is 0 Å². The van der Waals surface area contributed by atoms with Crippen molar-refractivity contribution >= 4 is 29.8 Å². The number of rotatable bonds is 5. The van der Waals surface area contributed by atoms with Crippen LogP contribution in [-0.2, 0) is 4.79 Å². The fraction of sp³-hybridized carbons (Fsp3) is 0.200. The minimum atomic E-state index is -0.238. The summed E-state index contributed by atoms with van der Waals surface area (Å²) in [6, 6.07) is 7.04. The highest BCUT2D eigenvalue weighted by Crippen LogP contribution is 2.12. The lowest BCUT2D eigenvalue weighted by molar-refractivity contribution is -0.107. The Balaban J connectivity index is 2.62. The van der Waals surface area contributed by atoms with Crippen LogP contribution in [0.2, 0.25) is 0 Å². The molecular weight excluding hydrogens is 212 g/mol. The predicted molar refractivity (Wildman–Crippen MR) is 62.0 cm³/mol. The summed E-state index contributed by atoms with van der Waals surface area (Å²) in [5.74, 6) is -0.238. The highest BCUT2D eigenvalue weighted by atomic mass is 32.2. The second kappa shape index (κ2) is 6.08. The zero-order chi connectivity index (χ0) is 11.1. The lowest BCUT2D eigenvalue weighted by atomic mass is 10.2. The molecule has 1 rings (SSSR count). The summed E-state index contributed by atoms with van der Waals surface area (Å²) in [6.45, 7) is 0.0453. The third kappa shape index (κ3) is 3.63. The molecule has 0 saturated carbocycles. The van der Waals surface area contributed by atoms with Crippen molar-refractivity contribution in [2.75, 3.05) is 17.5 Å². The normalized spacial score (nSPS) is 9.40. The van der Waals surface area contributed by atoms with E-state index in [-0.39, 0.29) is 12.5 Å². The van der Waals surface area contributed by atoms with E-state index in [4.69, 9.17) is 0 Å². The van der Waals surface area contributed by atoms with Gasteiger partial charge in [-0.1, -0.05) is 11.9 Å². The summed E-state index contributed by atoms with van der Waals surface area (Å²) in [5.41, 5.74) is 1.48. The van der Waals surface area contributed by atoms with E-state index in [1.807, 2.05) is 18.4 Å². The molecule has 0 bridgehead atoms. The summed E-state index contributed by atoms with van der Waals surface area (Å²) >= 11 is 1.49. The van der Waals surface area contributed by atoms with Crippen LogP contribution in [0, 0.1) is 0 Å². The van der Waals surface area contributed by atoms with Crippen molar-refractivity contribution in [1.29, 1.82) is 0 Å². The van der Waals surface area contributed by atoms with Gasteiger partial charge in [-0.3, -0.25) is 4.79 Å². The average Bonchev–Trinajstić information content (AvgIpc) is 2.27. The molecule has 1 aromatic carbocycles. The minimum Gasteiger partial charge on any atom is -0.345 e. The van der Waals surface area contributed by atoms with E-state index in [1.165, 1.54) is 11.9 Å². The average molecular weight is 224 g/mol. The van der Waals surface area contributed by atoms with Crippen molar-refractivity contribution in [2.24, 2.45) is 0 Å². The number of benzene rings is 1. The third-order valence-corrected chi connectivity index (χ3v) is 2.15. The van der Waals surface area contributed by atoms with Gasteiger partial charge in [0.1, 0.15) is 6.29 Å². The van der Waals surface area contributed by atoms with Crippen LogP contribution in [-0.4, -0.2) is 25.0 Å². The first-order valence-corrected chi connectivity index (χ1v) is 5.61. The van der Waals surface area contributed by atoms with E-state index in [1.54, 1.807) is 12.1 Å². The Morgan fingerprint density at radius 1 is 1.40 bits per heavy atom. The molecule has 80 valence electrons. The van der Waals surface area contributed by atoms with Crippen molar-refractivity contribution in [3.05, 3.63) is 29.8 Å². The molecule has 0 aliphatic heterocycles. The Hall–Kier alpha value is -1.49. The zero-order valence-electron chi connectivity index (χ0n) is 8.32. The molecule has 0 atom stereocenters. The molecule has 0 aromatic heterocycles. The number of carbonyl (C=O) groups is 2. The van der Waals surface area contributed by atoms with Gasteiger partial charge < -0.3 is 14.8 Å². The molecular formula is C10H12N2O2S. The molecule has 4 nitrogen and oxygen atoms in total. The molecule has 0 aliphatic rings. The van der Waals surface area contributed by atoms with Gasteiger partial charge in [-0.15, -0.1) is 0 Å². The molecule has 5 heteroatoms. The van der Waals surface area contributed by atoms with Gasteiger partial charge in [-0.25, -0.2) is 0 Å². The first-order chi connectivity index (χ1) is 7.27. The van der Waals surface area contributed by atoms with Gasteiger partial charge in [0.15, 0.2) is 0 Å². The third-order valence-electron chi connectivity index (χ3n) is 1.71. The minimum absolute atomic E-state index is 0.0453. The van der Waals surface area contributed by atoms with Gasteiger partial charge in [0.25, 0.3) is 5.91 Å². The van der Waals surface area contributed by atoms with Crippen LogP contribution in [0.1, 0.15) is 10.4 Å². The topological polar surface area (TPSA) is 58.2 Å².